The van der Waals surface area contributed by atoms with Crippen LogP contribution in [0.25, 0.3) is 0 Å². The number of rotatable bonds is 4. The highest BCUT2D eigenvalue weighted by atomic mass is 35.5. The highest BCUT2D eigenvalue weighted by Gasteiger charge is 1.96. The van der Waals surface area contributed by atoms with Crippen molar-refractivity contribution in [2.75, 3.05) is 0 Å². The van der Waals surface area contributed by atoms with E-state index in [1.165, 1.54) is 16.7 Å². The summed E-state index contributed by atoms with van der Waals surface area (Å²) < 4.78 is 0. The van der Waals surface area contributed by atoms with Gasteiger partial charge in [-0.15, -0.1) is 11.6 Å². The van der Waals surface area contributed by atoms with Crippen LogP contribution in [0.15, 0.2) is 48.5 Å². The van der Waals surface area contributed by atoms with Crippen LogP contribution in [0.1, 0.15) is 36.1 Å². The van der Waals surface area contributed by atoms with Crippen LogP contribution >= 0.6 is 11.6 Å². The molecule has 0 heterocycles. The van der Waals surface area contributed by atoms with Gasteiger partial charge in [0.25, 0.3) is 0 Å². The van der Waals surface area contributed by atoms with Crippen LogP contribution in [0.3, 0.4) is 0 Å². The van der Waals surface area contributed by atoms with E-state index in [0.29, 0.717) is 12.3 Å². The molecule has 110 valence electrons. The van der Waals surface area contributed by atoms with Gasteiger partial charge in [-0.25, -0.2) is 0 Å². The quantitative estimate of drug-likeness (QED) is 0.702. The number of halogens is 1. The van der Waals surface area contributed by atoms with E-state index in [4.69, 9.17) is 16.9 Å². The van der Waals surface area contributed by atoms with Crippen molar-refractivity contribution in [3.63, 3.8) is 0 Å². The lowest BCUT2D eigenvalue weighted by molar-refractivity contribution is 1.08. The molecule has 2 aromatic rings. The number of nitrogens with zero attached hydrogens (tertiary/aromatic N) is 1. The van der Waals surface area contributed by atoms with Gasteiger partial charge in [0, 0.05) is 5.88 Å². The molecule has 2 aromatic carbocycles. The van der Waals surface area contributed by atoms with Gasteiger partial charge in [-0.1, -0.05) is 62.4 Å². The zero-order valence-corrected chi connectivity index (χ0v) is 13.5. The molecule has 1 nitrogen and oxygen atoms in total. The second-order valence-electron chi connectivity index (χ2n) is 4.71. The summed E-state index contributed by atoms with van der Waals surface area (Å²) in [6, 6.07) is 18.5. The first kappa shape index (κ1) is 17.3. The summed E-state index contributed by atoms with van der Waals surface area (Å²) >= 11 is 5.71. The van der Waals surface area contributed by atoms with Crippen molar-refractivity contribution in [2.45, 2.75) is 39.0 Å². The average Bonchev–Trinajstić information content (AvgIpc) is 2.56. The summed E-state index contributed by atoms with van der Waals surface area (Å²) in [6.07, 6.45) is 2.62. The minimum Gasteiger partial charge on any atom is -0.198 e. The normalized spacial score (nSPS) is 9.43. The largest absolute Gasteiger partial charge is 0.198 e. The third kappa shape index (κ3) is 5.61. The number of aryl methyl sites for hydroxylation is 2. The van der Waals surface area contributed by atoms with E-state index in [0.717, 1.165) is 18.4 Å². The van der Waals surface area contributed by atoms with Gasteiger partial charge in [-0.3, -0.25) is 0 Å². The molecule has 0 unspecified atom stereocenters. The van der Waals surface area contributed by atoms with Crippen LogP contribution in [-0.4, -0.2) is 0 Å². The van der Waals surface area contributed by atoms with Gasteiger partial charge < -0.3 is 0 Å². The molecule has 0 aliphatic heterocycles. The fourth-order valence-electron chi connectivity index (χ4n) is 2.19. The summed E-state index contributed by atoms with van der Waals surface area (Å²) in [5, 5.41) is 8.49. The second-order valence-corrected chi connectivity index (χ2v) is 4.98. The van der Waals surface area contributed by atoms with Crippen LogP contribution < -0.4 is 0 Å². The minimum absolute atomic E-state index is 0.532. The average molecular weight is 300 g/mol. The minimum atomic E-state index is 0.532. The number of nitriles is 1. The Morgan fingerprint density at radius 3 is 1.62 bits per heavy atom. The predicted octanol–water partition coefficient (Wildman–Crippen LogP) is 5.30. The van der Waals surface area contributed by atoms with Gasteiger partial charge in [0.15, 0.2) is 0 Å². The first-order chi connectivity index (χ1) is 10.3. The Labute approximate surface area is 133 Å². The van der Waals surface area contributed by atoms with E-state index in [2.05, 4.69) is 44.2 Å². The van der Waals surface area contributed by atoms with Crippen molar-refractivity contribution in [3.8, 4) is 6.07 Å². The maximum Gasteiger partial charge on any atom is 0.0669 e. The zero-order chi connectivity index (χ0) is 15.5. The van der Waals surface area contributed by atoms with E-state index in [1.807, 2.05) is 24.3 Å². The Hall–Kier alpha value is -1.78. The van der Waals surface area contributed by atoms with Crippen molar-refractivity contribution in [1.82, 2.24) is 0 Å². The molecule has 0 saturated carbocycles. The molecule has 0 aliphatic carbocycles. The van der Waals surface area contributed by atoms with E-state index in [1.54, 1.807) is 0 Å². The molecule has 0 aliphatic rings. The van der Waals surface area contributed by atoms with E-state index in [-0.39, 0.29) is 0 Å². The summed E-state index contributed by atoms with van der Waals surface area (Å²) in [4.78, 5) is 0. The molecule has 21 heavy (non-hydrogen) atoms. The fourth-order valence-corrected chi connectivity index (χ4v) is 2.45. The number of hydrogen-bond donors (Lipinski definition) is 0. The molecular formula is C19H22ClN. The van der Waals surface area contributed by atoms with Gasteiger partial charge >= 0.3 is 0 Å². The molecule has 2 rings (SSSR count). The molecule has 0 spiro atoms. The van der Waals surface area contributed by atoms with Crippen LogP contribution in [0.2, 0.25) is 0 Å². The third-order valence-corrected chi connectivity index (χ3v) is 3.70. The lowest BCUT2D eigenvalue weighted by Gasteiger charge is -2.01. The molecule has 0 atom stereocenters. The maximum atomic E-state index is 8.49. The Morgan fingerprint density at radius 2 is 1.24 bits per heavy atom. The van der Waals surface area contributed by atoms with Gasteiger partial charge in [0.1, 0.15) is 0 Å². The molecule has 0 aromatic heterocycles. The van der Waals surface area contributed by atoms with Crippen LogP contribution in [0, 0.1) is 11.3 Å². The van der Waals surface area contributed by atoms with Gasteiger partial charge in [0.2, 0.25) is 0 Å². The van der Waals surface area contributed by atoms with Crippen molar-refractivity contribution < 1.29 is 0 Å². The Morgan fingerprint density at radius 1 is 0.810 bits per heavy atom. The van der Waals surface area contributed by atoms with Crippen molar-refractivity contribution in [2.24, 2.45) is 0 Å². The topological polar surface area (TPSA) is 23.8 Å². The molecule has 0 fully saturated rings. The first-order valence-electron chi connectivity index (χ1n) is 7.33. The summed E-state index contributed by atoms with van der Waals surface area (Å²) in [5.74, 6) is 0.629. The Kier molecular flexibility index (Phi) is 8.24. The van der Waals surface area contributed by atoms with Gasteiger partial charge in [0.05, 0.1) is 12.5 Å². The molecule has 0 bridgehead atoms. The summed E-state index contributed by atoms with van der Waals surface area (Å²) in [7, 11) is 0. The highest BCUT2D eigenvalue weighted by Crippen LogP contribution is 2.11. The first-order valence-corrected chi connectivity index (χ1v) is 7.86. The van der Waals surface area contributed by atoms with Crippen molar-refractivity contribution in [1.29, 1.82) is 5.26 Å². The predicted molar refractivity (Wildman–Crippen MR) is 90.5 cm³/mol. The molecule has 2 heteroatoms. The van der Waals surface area contributed by atoms with E-state index in [9.17, 15) is 0 Å². The second kappa shape index (κ2) is 10.0. The van der Waals surface area contributed by atoms with Crippen molar-refractivity contribution in [3.05, 3.63) is 70.8 Å². The Bertz CT molecular complexity index is 561. The number of hydrogen-bond acceptors (Lipinski definition) is 1. The van der Waals surface area contributed by atoms with Crippen LogP contribution in [-0.2, 0) is 25.1 Å². The van der Waals surface area contributed by atoms with Crippen molar-refractivity contribution >= 4 is 11.6 Å². The number of alkyl halides is 1. The molecule has 0 N–H and O–H groups in total. The number of benzene rings is 2. The molecule has 0 amide bonds. The molecule has 0 radical (unpaired) electrons. The summed E-state index contributed by atoms with van der Waals surface area (Å²) in [5.41, 5.74) is 5.07. The fraction of sp³-hybridized carbons (Fsp3) is 0.316. The van der Waals surface area contributed by atoms with Gasteiger partial charge in [-0.05, 0) is 35.1 Å². The maximum absolute atomic E-state index is 8.49. The zero-order valence-electron chi connectivity index (χ0n) is 12.8. The van der Waals surface area contributed by atoms with Crippen LogP contribution in [0.5, 0.6) is 0 Å². The highest BCUT2D eigenvalue weighted by molar-refractivity contribution is 6.17. The SMILES string of the molecule is CCc1ccccc1CC#N.CCc1ccccc1CCl. The lowest BCUT2D eigenvalue weighted by Crippen LogP contribution is -1.89. The monoisotopic (exact) mass is 299 g/mol. The van der Waals surface area contributed by atoms with E-state index < -0.39 is 0 Å². The Balaban J connectivity index is 0.000000211. The van der Waals surface area contributed by atoms with Crippen LogP contribution in [0.4, 0.5) is 0 Å². The smallest absolute Gasteiger partial charge is 0.0669 e. The third-order valence-electron chi connectivity index (χ3n) is 3.41. The standard InChI is InChI=1S/C10H11N.C9H11Cl/c1-2-9-5-3-4-6-10(9)7-8-11;1-2-8-5-3-4-6-9(8)7-10/h3-6H,2,7H2,1H3;3-6H,2,7H2,1H3. The van der Waals surface area contributed by atoms with Gasteiger partial charge in [-0.2, -0.15) is 5.26 Å². The molecular weight excluding hydrogens is 278 g/mol. The molecule has 0 saturated heterocycles. The lowest BCUT2D eigenvalue weighted by atomic mass is 10.0. The van der Waals surface area contributed by atoms with E-state index >= 15 is 0 Å². The summed E-state index contributed by atoms with van der Waals surface area (Å²) in [6.45, 7) is 4.25.